The second-order valence-electron chi connectivity index (χ2n) is 2.89. The van der Waals surface area contributed by atoms with Crippen LogP contribution in [0.2, 0.25) is 0 Å². The molecule has 11 nitrogen and oxygen atoms in total. The van der Waals surface area contributed by atoms with E-state index in [0.29, 0.717) is 0 Å². The fraction of sp³-hybridized carbons (Fsp3) is 1.00. The van der Waals surface area contributed by atoms with E-state index in [1.54, 1.807) is 0 Å². The Balaban J connectivity index is 0. The summed E-state index contributed by atoms with van der Waals surface area (Å²) in [5.41, 5.74) is 0. The van der Waals surface area contributed by atoms with Crippen LogP contribution in [0.4, 0.5) is 0 Å². The number of rotatable bonds is 9. The maximum Gasteiger partial charge on any atom is 0.394 e. The molecule has 0 spiro atoms. The molecule has 0 aliphatic heterocycles. The van der Waals surface area contributed by atoms with Gasteiger partial charge in [-0.3, -0.25) is 9.11 Å². The average molecular weight is 310 g/mol. The van der Waals surface area contributed by atoms with E-state index in [2.05, 4.69) is 0 Å². The lowest BCUT2D eigenvalue weighted by Gasteiger charge is -2.24. The van der Waals surface area contributed by atoms with Crippen LogP contribution in [0.5, 0.6) is 0 Å². The molecule has 0 amide bonds. The molecule has 0 fully saturated rings. The highest BCUT2D eigenvalue weighted by molar-refractivity contribution is 7.79. The Labute approximate surface area is 110 Å². The number of aliphatic hydroxyl groups excluding tert-OH is 3. The van der Waals surface area contributed by atoms with Crippen molar-refractivity contribution in [3.8, 4) is 0 Å². The van der Waals surface area contributed by atoms with Gasteiger partial charge in [-0.1, -0.05) is 0 Å². The fourth-order valence-electron chi connectivity index (χ4n) is 0.732. The summed E-state index contributed by atoms with van der Waals surface area (Å²) in [6.45, 7) is -0.398. The van der Waals surface area contributed by atoms with Crippen LogP contribution in [0, 0.1) is 0 Å². The smallest absolute Gasteiger partial charge is 0.394 e. The van der Waals surface area contributed by atoms with E-state index in [1.807, 2.05) is 0 Å². The zero-order valence-corrected chi connectivity index (χ0v) is 11.2. The molecule has 0 saturated carbocycles. The summed E-state index contributed by atoms with van der Waals surface area (Å²) in [5, 5.41) is 25.6. The van der Waals surface area contributed by atoms with Crippen molar-refractivity contribution >= 4 is 10.4 Å². The Kier molecular flexibility index (Phi) is 12.6. The molecule has 0 heterocycles. The number of quaternary nitrogens is 1. The van der Waals surface area contributed by atoms with Crippen molar-refractivity contribution in [1.29, 1.82) is 0 Å². The number of nitrogens with zero attached hydrogens (tertiary/aromatic N) is 1. The number of aliphatic hydroxyl groups is 3. The first kappa shape index (κ1) is 20.9. The molecule has 0 unspecified atom stereocenters. The molecule has 12 heteroatoms. The molecule has 0 rings (SSSR count). The van der Waals surface area contributed by atoms with Gasteiger partial charge in [-0.05, 0) is 0 Å². The maximum absolute atomic E-state index is 8.74. The molecule has 0 aromatic rings. The molecule has 0 saturated heterocycles. The molecule has 0 bridgehead atoms. The van der Waals surface area contributed by atoms with Crippen molar-refractivity contribution in [2.45, 2.75) is 0 Å². The van der Waals surface area contributed by atoms with E-state index in [-0.39, 0.29) is 39.6 Å². The predicted octanol–water partition coefficient (Wildman–Crippen LogP) is -2.45. The second-order valence-corrected chi connectivity index (χ2v) is 3.79. The van der Waals surface area contributed by atoms with Crippen LogP contribution in [0.1, 0.15) is 0 Å². The van der Waals surface area contributed by atoms with Crippen LogP contribution in [-0.2, 0) is 24.9 Å². The molecule has 118 valence electrons. The third-order valence-electron chi connectivity index (χ3n) is 1.25. The number of hydroxylamine groups is 3. The van der Waals surface area contributed by atoms with Crippen LogP contribution < -0.4 is 0 Å². The Morgan fingerprint density at radius 3 is 1.21 bits per heavy atom. The van der Waals surface area contributed by atoms with Gasteiger partial charge < -0.3 is 15.3 Å². The van der Waals surface area contributed by atoms with Gasteiger partial charge in [0.05, 0.1) is 24.8 Å². The van der Waals surface area contributed by atoms with Crippen LogP contribution in [0.15, 0.2) is 0 Å². The Morgan fingerprint density at radius 2 is 1.05 bits per heavy atom. The quantitative estimate of drug-likeness (QED) is 0.175. The minimum absolute atomic E-state index is 0.0351. The van der Waals surface area contributed by atoms with Gasteiger partial charge >= 0.3 is 10.4 Å². The third-order valence-corrected chi connectivity index (χ3v) is 1.25. The third kappa shape index (κ3) is 20.1. The van der Waals surface area contributed by atoms with Crippen molar-refractivity contribution < 1.29 is 52.3 Å². The normalized spacial score (nSPS) is 11.9. The van der Waals surface area contributed by atoms with Gasteiger partial charge in [-0.15, -0.1) is 14.5 Å². The summed E-state index contributed by atoms with van der Waals surface area (Å²) in [5.74, 6) is 0. The number of hydrogen-bond donors (Lipinski definition) is 5. The SMILES string of the molecule is C[N+](OCCO)(OCCO)OCCO.O=S(=O)(O)O. The largest absolute Gasteiger partial charge is 0.394 e. The van der Waals surface area contributed by atoms with E-state index in [4.69, 9.17) is 47.4 Å². The standard InChI is InChI=1S/C7H18NO6.H2O4S/c1-8(12-5-2-9,13-6-3-10)14-7-4-11;1-5(2,3)4/h9-11H,2-7H2,1H3;(H2,1,2,3,4)/q+1;. The zero-order chi connectivity index (χ0) is 15.4. The van der Waals surface area contributed by atoms with Crippen molar-refractivity contribution in [1.82, 2.24) is 0 Å². The van der Waals surface area contributed by atoms with Gasteiger partial charge in [0.25, 0.3) is 0 Å². The van der Waals surface area contributed by atoms with Crippen molar-refractivity contribution in [3.63, 3.8) is 0 Å². The Hall–Kier alpha value is -0.410. The van der Waals surface area contributed by atoms with Crippen LogP contribution in [-0.4, -0.2) is 84.5 Å². The molecule has 0 aromatic heterocycles. The van der Waals surface area contributed by atoms with E-state index in [0.717, 1.165) is 0 Å². The van der Waals surface area contributed by atoms with Gasteiger partial charge in [-0.25, -0.2) is 0 Å². The van der Waals surface area contributed by atoms with Crippen LogP contribution in [0.3, 0.4) is 0 Å². The molecule has 0 aromatic carbocycles. The van der Waals surface area contributed by atoms with E-state index >= 15 is 0 Å². The van der Waals surface area contributed by atoms with E-state index in [1.165, 1.54) is 7.05 Å². The highest BCUT2D eigenvalue weighted by Gasteiger charge is 2.27. The minimum atomic E-state index is -4.67. The first-order chi connectivity index (χ1) is 8.68. The zero-order valence-electron chi connectivity index (χ0n) is 10.4. The summed E-state index contributed by atoms with van der Waals surface area (Å²) in [6, 6.07) is 0. The van der Waals surface area contributed by atoms with Gasteiger partial charge in [0.15, 0.2) is 7.05 Å². The topological polar surface area (TPSA) is 163 Å². The molecule has 5 N–H and O–H groups in total. The van der Waals surface area contributed by atoms with Crippen molar-refractivity contribution in [2.24, 2.45) is 0 Å². The highest BCUT2D eigenvalue weighted by atomic mass is 32.3. The van der Waals surface area contributed by atoms with Gasteiger partial charge in [0, 0.05) is 0 Å². The summed E-state index contributed by atoms with van der Waals surface area (Å²) < 4.78 is 31.6. The molecular formula is C7H20NO10S+. The van der Waals surface area contributed by atoms with E-state index in [9.17, 15) is 0 Å². The molecular weight excluding hydrogens is 290 g/mol. The summed E-state index contributed by atoms with van der Waals surface area (Å²) in [6.07, 6.45) is 0. The lowest BCUT2D eigenvalue weighted by molar-refractivity contribution is -1.36. The molecule has 0 radical (unpaired) electrons. The highest BCUT2D eigenvalue weighted by Crippen LogP contribution is 2.06. The maximum atomic E-state index is 8.74. The van der Waals surface area contributed by atoms with Crippen LogP contribution >= 0.6 is 0 Å². The fourth-order valence-corrected chi connectivity index (χ4v) is 0.732. The van der Waals surface area contributed by atoms with Gasteiger partial charge in [0.1, 0.15) is 19.8 Å². The summed E-state index contributed by atoms with van der Waals surface area (Å²) in [4.78, 5) is 14.3. The first-order valence-corrected chi connectivity index (χ1v) is 6.41. The van der Waals surface area contributed by atoms with Crippen LogP contribution in [0.25, 0.3) is 0 Å². The van der Waals surface area contributed by atoms with Crippen molar-refractivity contribution in [3.05, 3.63) is 0 Å². The number of hydrogen-bond acceptors (Lipinski definition) is 8. The van der Waals surface area contributed by atoms with E-state index < -0.39 is 15.4 Å². The lowest BCUT2D eigenvalue weighted by Crippen LogP contribution is -2.45. The summed E-state index contributed by atoms with van der Waals surface area (Å²) >= 11 is 0. The monoisotopic (exact) mass is 310 g/mol. The Bertz CT molecular complexity index is 264. The lowest BCUT2D eigenvalue weighted by atomic mass is 10.8. The predicted molar refractivity (Wildman–Crippen MR) is 59.5 cm³/mol. The first-order valence-electron chi connectivity index (χ1n) is 5.01. The van der Waals surface area contributed by atoms with Gasteiger partial charge in [-0.2, -0.15) is 8.42 Å². The molecule has 0 aliphatic rings. The molecule has 19 heavy (non-hydrogen) atoms. The van der Waals surface area contributed by atoms with Crippen molar-refractivity contribution in [2.75, 3.05) is 46.7 Å². The Morgan fingerprint density at radius 1 is 0.842 bits per heavy atom. The second kappa shape index (κ2) is 11.4. The van der Waals surface area contributed by atoms with Gasteiger partial charge in [0.2, 0.25) is 0 Å². The minimum Gasteiger partial charge on any atom is -0.394 e. The average Bonchev–Trinajstić information content (AvgIpc) is 2.30. The summed E-state index contributed by atoms with van der Waals surface area (Å²) in [7, 11) is -3.22. The molecule has 0 aliphatic carbocycles. The molecule has 0 atom stereocenters.